The van der Waals surface area contributed by atoms with Crippen LogP contribution < -0.4 is 5.32 Å². The van der Waals surface area contributed by atoms with E-state index in [1.807, 2.05) is 42.5 Å². The molecule has 6 heteroatoms. The van der Waals surface area contributed by atoms with Crippen molar-refractivity contribution >= 4 is 17.5 Å². The third-order valence-corrected chi connectivity index (χ3v) is 4.44. The SMILES string of the molecule is COC(CNC(=O)CCc1ncc(-c2ccc(Cl)cc2)o1)c1ccccc1. The number of benzene rings is 2. The standard InChI is InChI=1S/C21H21ClN2O3/c1-26-18(15-5-3-2-4-6-15)13-23-20(25)11-12-21-24-14-19(27-21)16-7-9-17(22)10-8-16/h2-10,14,18H,11-13H2,1H3,(H,23,25). The van der Waals surface area contributed by atoms with Crippen molar-refractivity contribution in [3.8, 4) is 11.3 Å². The Hall–Kier alpha value is -2.63. The fraction of sp³-hybridized carbons (Fsp3) is 0.238. The zero-order valence-corrected chi connectivity index (χ0v) is 15.8. The van der Waals surface area contributed by atoms with E-state index in [4.69, 9.17) is 20.8 Å². The zero-order valence-electron chi connectivity index (χ0n) is 15.0. The second-order valence-electron chi connectivity index (χ2n) is 6.06. The van der Waals surface area contributed by atoms with E-state index in [-0.39, 0.29) is 12.0 Å². The van der Waals surface area contributed by atoms with Crippen LogP contribution >= 0.6 is 11.6 Å². The Balaban J connectivity index is 1.48. The number of rotatable bonds is 8. The molecule has 2 aromatic carbocycles. The lowest BCUT2D eigenvalue weighted by atomic mass is 10.1. The summed E-state index contributed by atoms with van der Waals surface area (Å²) in [5.41, 5.74) is 1.93. The molecule has 1 unspecified atom stereocenters. The molecular weight excluding hydrogens is 364 g/mol. The molecule has 0 aliphatic rings. The third-order valence-electron chi connectivity index (χ3n) is 4.19. The summed E-state index contributed by atoms with van der Waals surface area (Å²) >= 11 is 5.89. The van der Waals surface area contributed by atoms with Crippen LogP contribution in [0.15, 0.2) is 65.2 Å². The van der Waals surface area contributed by atoms with E-state index in [0.717, 1.165) is 11.1 Å². The maximum Gasteiger partial charge on any atom is 0.220 e. The Morgan fingerprint density at radius 3 is 2.63 bits per heavy atom. The molecule has 1 N–H and O–H groups in total. The lowest BCUT2D eigenvalue weighted by Gasteiger charge is -2.16. The van der Waals surface area contributed by atoms with Crippen molar-refractivity contribution in [3.05, 3.63) is 77.3 Å². The van der Waals surface area contributed by atoms with Gasteiger partial charge in [-0.1, -0.05) is 41.9 Å². The molecule has 1 aromatic heterocycles. The predicted octanol–water partition coefficient (Wildman–Crippen LogP) is 4.43. The van der Waals surface area contributed by atoms with Crippen molar-refractivity contribution in [2.24, 2.45) is 0 Å². The largest absolute Gasteiger partial charge is 0.441 e. The topological polar surface area (TPSA) is 64.4 Å². The lowest BCUT2D eigenvalue weighted by Crippen LogP contribution is -2.29. The number of oxazole rings is 1. The van der Waals surface area contributed by atoms with Crippen molar-refractivity contribution in [2.75, 3.05) is 13.7 Å². The van der Waals surface area contributed by atoms with Gasteiger partial charge in [-0.2, -0.15) is 0 Å². The number of aromatic nitrogens is 1. The smallest absolute Gasteiger partial charge is 0.220 e. The first-order valence-electron chi connectivity index (χ1n) is 8.71. The lowest BCUT2D eigenvalue weighted by molar-refractivity contribution is -0.121. The summed E-state index contributed by atoms with van der Waals surface area (Å²) in [7, 11) is 1.63. The van der Waals surface area contributed by atoms with Gasteiger partial charge >= 0.3 is 0 Å². The molecular formula is C21H21ClN2O3. The molecule has 0 saturated heterocycles. The number of amides is 1. The van der Waals surface area contributed by atoms with Crippen LogP contribution in [0.3, 0.4) is 0 Å². The summed E-state index contributed by atoms with van der Waals surface area (Å²) < 4.78 is 11.2. The molecule has 27 heavy (non-hydrogen) atoms. The van der Waals surface area contributed by atoms with E-state index in [2.05, 4.69) is 10.3 Å². The fourth-order valence-corrected chi connectivity index (χ4v) is 2.82. The Bertz CT molecular complexity index is 863. The van der Waals surface area contributed by atoms with E-state index in [9.17, 15) is 4.79 Å². The number of halogens is 1. The number of carbonyl (C=O) groups excluding carboxylic acids is 1. The van der Waals surface area contributed by atoms with Crippen LogP contribution in [0, 0.1) is 0 Å². The van der Waals surface area contributed by atoms with E-state index in [1.165, 1.54) is 0 Å². The van der Waals surface area contributed by atoms with Crippen LogP contribution in [0.25, 0.3) is 11.3 Å². The van der Waals surface area contributed by atoms with Crippen LogP contribution in [0.4, 0.5) is 0 Å². The van der Waals surface area contributed by atoms with E-state index >= 15 is 0 Å². The number of methoxy groups -OCH3 is 1. The number of hydrogen-bond acceptors (Lipinski definition) is 4. The minimum absolute atomic E-state index is 0.0702. The summed E-state index contributed by atoms with van der Waals surface area (Å²) in [6.45, 7) is 0.418. The number of hydrogen-bond donors (Lipinski definition) is 1. The van der Waals surface area contributed by atoms with Gasteiger partial charge in [0, 0.05) is 37.1 Å². The number of ether oxygens (including phenoxy) is 1. The highest BCUT2D eigenvalue weighted by atomic mass is 35.5. The minimum Gasteiger partial charge on any atom is -0.441 e. The highest BCUT2D eigenvalue weighted by molar-refractivity contribution is 6.30. The summed E-state index contributed by atoms with van der Waals surface area (Å²) in [6.07, 6.45) is 2.22. The molecule has 1 atom stereocenters. The average Bonchev–Trinajstić information content (AvgIpc) is 3.17. The second kappa shape index (κ2) is 9.35. The van der Waals surface area contributed by atoms with Gasteiger partial charge in [-0.05, 0) is 29.8 Å². The van der Waals surface area contributed by atoms with Crippen LogP contribution in [-0.4, -0.2) is 24.5 Å². The van der Waals surface area contributed by atoms with Crippen LogP contribution in [0.2, 0.25) is 5.02 Å². The number of aryl methyl sites for hydroxylation is 1. The van der Waals surface area contributed by atoms with Gasteiger partial charge in [0.05, 0.1) is 12.3 Å². The maximum atomic E-state index is 12.1. The van der Waals surface area contributed by atoms with E-state index < -0.39 is 0 Å². The van der Waals surface area contributed by atoms with Crippen molar-refractivity contribution in [2.45, 2.75) is 18.9 Å². The summed E-state index contributed by atoms with van der Waals surface area (Å²) in [5, 5.41) is 3.57. The molecule has 0 spiro atoms. The first-order chi connectivity index (χ1) is 13.2. The van der Waals surface area contributed by atoms with Crippen molar-refractivity contribution in [1.82, 2.24) is 10.3 Å². The molecule has 0 fully saturated rings. The molecule has 0 aliphatic carbocycles. The monoisotopic (exact) mass is 384 g/mol. The zero-order chi connectivity index (χ0) is 19.1. The molecule has 1 heterocycles. The third kappa shape index (κ3) is 5.42. The van der Waals surface area contributed by atoms with Crippen LogP contribution in [0.1, 0.15) is 24.0 Å². The molecule has 3 rings (SSSR count). The van der Waals surface area contributed by atoms with Gasteiger partial charge in [0.15, 0.2) is 11.7 Å². The van der Waals surface area contributed by atoms with Crippen molar-refractivity contribution in [3.63, 3.8) is 0 Å². The van der Waals surface area contributed by atoms with Gasteiger partial charge in [0.2, 0.25) is 5.91 Å². The van der Waals surface area contributed by atoms with Gasteiger partial charge in [-0.15, -0.1) is 0 Å². The first-order valence-corrected chi connectivity index (χ1v) is 9.08. The molecule has 0 aliphatic heterocycles. The van der Waals surface area contributed by atoms with Gasteiger partial charge in [0.1, 0.15) is 0 Å². The summed E-state index contributed by atoms with van der Waals surface area (Å²) in [6, 6.07) is 17.1. The summed E-state index contributed by atoms with van der Waals surface area (Å²) in [5.74, 6) is 1.12. The molecule has 0 saturated carbocycles. The minimum atomic E-state index is -0.173. The first kappa shape index (κ1) is 19.1. The van der Waals surface area contributed by atoms with Gasteiger partial charge in [-0.25, -0.2) is 4.98 Å². The molecule has 5 nitrogen and oxygen atoms in total. The number of nitrogens with one attached hydrogen (secondary N) is 1. The maximum absolute atomic E-state index is 12.1. The Labute approximate surface area is 163 Å². The fourth-order valence-electron chi connectivity index (χ4n) is 2.69. The summed E-state index contributed by atoms with van der Waals surface area (Å²) in [4.78, 5) is 16.4. The number of carbonyl (C=O) groups is 1. The molecule has 0 bridgehead atoms. The van der Waals surface area contributed by atoms with Crippen molar-refractivity contribution < 1.29 is 13.9 Å². The van der Waals surface area contributed by atoms with Gasteiger partial charge in [-0.3, -0.25) is 4.79 Å². The molecule has 0 radical (unpaired) electrons. The average molecular weight is 385 g/mol. The molecule has 3 aromatic rings. The normalized spacial score (nSPS) is 11.9. The Kier molecular flexibility index (Phi) is 6.63. The van der Waals surface area contributed by atoms with E-state index in [0.29, 0.717) is 36.1 Å². The Morgan fingerprint density at radius 2 is 1.93 bits per heavy atom. The number of nitrogens with zero attached hydrogens (tertiary/aromatic N) is 1. The van der Waals surface area contributed by atoms with E-state index in [1.54, 1.807) is 25.4 Å². The van der Waals surface area contributed by atoms with Crippen LogP contribution in [0.5, 0.6) is 0 Å². The van der Waals surface area contributed by atoms with Gasteiger partial charge < -0.3 is 14.5 Å². The van der Waals surface area contributed by atoms with Gasteiger partial charge in [0.25, 0.3) is 0 Å². The van der Waals surface area contributed by atoms with Crippen LogP contribution in [-0.2, 0) is 16.0 Å². The highest BCUT2D eigenvalue weighted by Crippen LogP contribution is 2.22. The molecule has 140 valence electrons. The van der Waals surface area contributed by atoms with Crippen molar-refractivity contribution in [1.29, 1.82) is 0 Å². The molecule has 1 amide bonds. The highest BCUT2D eigenvalue weighted by Gasteiger charge is 2.13. The Morgan fingerprint density at radius 1 is 1.19 bits per heavy atom. The predicted molar refractivity (Wildman–Crippen MR) is 104 cm³/mol. The quantitative estimate of drug-likeness (QED) is 0.624. The second-order valence-corrected chi connectivity index (χ2v) is 6.50.